The van der Waals surface area contributed by atoms with Crippen LogP contribution in [0.3, 0.4) is 0 Å². The number of benzene rings is 1. The van der Waals surface area contributed by atoms with Gasteiger partial charge in [0.2, 0.25) is 5.91 Å². The Bertz CT molecular complexity index is 819. The smallest absolute Gasteiger partial charge is 0.549 e. The number of nitrogens with one attached hydrogen (secondary N) is 1. The molecule has 1 amide bonds. The van der Waals surface area contributed by atoms with Crippen molar-refractivity contribution < 1.29 is 44.3 Å². The Hall–Kier alpha value is -1.02. The molecule has 134 valence electrons. The van der Waals surface area contributed by atoms with Crippen LogP contribution in [0, 0.1) is 0 Å². The fraction of sp³-hybridized carbons (Fsp3) is 0.500. The van der Waals surface area contributed by atoms with Gasteiger partial charge in [-0.25, -0.2) is 4.98 Å². The maximum atomic E-state index is 12.5. The van der Waals surface area contributed by atoms with E-state index in [1.54, 1.807) is 13.8 Å². The van der Waals surface area contributed by atoms with Crippen LogP contribution in [0.1, 0.15) is 38.9 Å². The molecule has 0 bridgehead atoms. The predicted molar refractivity (Wildman–Crippen MR) is 97.5 cm³/mol. The fourth-order valence-electron chi connectivity index (χ4n) is 3.01. The van der Waals surface area contributed by atoms with E-state index in [0.717, 1.165) is 48.0 Å². The van der Waals surface area contributed by atoms with Crippen molar-refractivity contribution >= 4 is 40.4 Å². The molecule has 1 aliphatic heterocycles. The minimum atomic E-state index is -1.17. The normalized spacial score (nSPS) is 14.2. The van der Waals surface area contributed by atoms with Gasteiger partial charge < -0.3 is 19.8 Å². The largest absolute Gasteiger partial charge is 1.00 e. The van der Waals surface area contributed by atoms with E-state index in [1.165, 1.54) is 12.8 Å². The summed E-state index contributed by atoms with van der Waals surface area (Å²) in [4.78, 5) is 27.8. The minimum Gasteiger partial charge on any atom is -0.549 e. The van der Waals surface area contributed by atoms with E-state index in [9.17, 15) is 14.7 Å². The molecule has 3 rings (SSSR count). The van der Waals surface area contributed by atoms with E-state index in [4.69, 9.17) is 4.98 Å². The molecule has 0 saturated heterocycles. The Balaban J connectivity index is 0.00000243. The van der Waals surface area contributed by atoms with E-state index in [1.807, 2.05) is 18.2 Å². The molecule has 0 radical (unpaired) electrons. The molecular weight excluding hydrogens is 361 g/mol. The molecule has 1 aromatic heterocycles. The number of carbonyl (C=O) groups is 2. The van der Waals surface area contributed by atoms with Crippen molar-refractivity contribution in [1.82, 2.24) is 9.55 Å². The molecule has 26 heavy (non-hydrogen) atoms. The van der Waals surface area contributed by atoms with Crippen molar-refractivity contribution in [2.24, 2.45) is 0 Å². The summed E-state index contributed by atoms with van der Waals surface area (Å²) in [6.07, 6.45) is 4.55. The van der Waals surface area contributed by atoms with Gasteiger partial charge in [-0.1, -0.05) is 6.42 Å². The van der Waals surface area contributed by atoms with E-state index in [2.05, 4.69) is 9.88 Å². The molecule has 0 atom stereocenters. The van der Waals surface area contributed by atoms with Gasteiger partial charge in [0.15, 0.2) is 0 Å². The number of carboxylic acid groups (broad SMARTS) is 1. The van der Waals surface area contributed by atoms with E-state index >= 15 is 0 Å². The van der Waals surface area contributed by atoms with Crippen LogP contribution in [0.2, 0.25) is 0 Å². The topological polar surface area (TPSA) is 87.0 Å². The first-order valence-electron chi connectivity index (χ1n) is 8.51. The van der Waals surface area contributed by atoms with Gasteiger partial charge in [-0.2, -0.15) is 0 Å². The van der Waals surface area contributed by atoms with Crippen LogP contribution in [0.15, 0.2) is 18.2 Å². The number of rotatable bonds is 5. The van der Waals surface area contributed by atoms with Crippen molar-refractivity contribution in [1.29, 1.82) is 0 Å². The van der Waals surface area contributed by atoms with Crippen molar-refractivity contribution in [3.63, 3.8) is 0 Å². The molecule has 2 heterocycles. The molecule has 0 unspecified atom stereocenters. The molecule has 1 aliphatic rings. The van der Waals surface area contributed by atoms with E-state index in [0.29, 0.717) is 5.69 Å². The van der Waals surface area contributed by atoms with Crippen LogP contribution < -0.4 is 40.0 Å². The Morgan fingerprint density at radius 3 is 2.81 bits per heavy atom. The number of thioether (sulfide) groups is 1. The summed E-state index contributed by atoms with van der Waals surface area (Å²) >= 11 is 1.05. The standard InChI is InChI=1S/C18H23N3O3S.Na/c1-18(2,25-11-16(22)23)17(24)19-12-7-8-14-13(10-12)20-15-6-4-3-5-9-21(14)15;/h7-8,10H,3-6,9,11H2,1-2H3,(H,19,24)(H,22,23);/q;+1/p-1. The molecule has 1 aromatic carbocycles. The zero-order chi connectivity index (χ0) is 18.0. The summed E-state index contributed by atoms with van der Waals surface area (Å²) in [5.74, 6) is -0.515. The number of aromatic nitrogens is 2. The molecule has 8 heteroatoms. The maximum Gasteiger partial charge on any atom is 1.00 e. The summed E-state index contributed by atoms with van der Waals surface area (Å²) < 4.78 is 1.41. The van der Waals surface area contributed by atoms with Crippen molar-refractivity contribution in [3.8, 4) is 0 Å². The maximum absolute atomic E-state index is 12.5. The second kappa shape index (κ2) is 8.78. The summed E-state index contributed by atoms with van der Waals surface area (Å²) in [5.41, 5.74) is 2.66. The number of carbonyl (C=O) groups excluding carboxylic acids is 2. The second-order valence-corrected chi connectivity index (χ2v) is 8.42. The Morgan fingerprint density at radius 2 is 2.08 bits per heavy atom. The summed E-state index contributed by atoms with van der Waals surface area (Å²) in [7, 11) is 0. The summed E-state index contributed by atoms with van der Waals surface area (Å²) in [5, 5.41) is 13.5. The Kier molecular flexibility index (Phi) is 7.19. The van der Waals surface area contributed by atoms with Gasteiger partial charge in [-0.3, -0.25) is 4.79 Å². The molecular formula is C18H22N3NaO3S. The van der Waals surface area contributed by atoms with Gasteiger partial charge in [0.05, 0.1) is 21.7 Å². The molecule has 0 aliphatic carbocycles. The van der Waals surface area contributed by atoms with Crippen LogP contribution in [-0.4, -0.2) is 31.9 Å². The average Bonchev–Trinajstić information content (AvgIpc) is 2.73. The first kappa shape index (κ1) is 21.3. The van der Waals surface area contributed by atoms with Gasteiger partial charge in [0, 0.05) is 24.4 Å². The van der Waals surface area contributed by atoms with E-state index < -0.39 is 10.7 Å². The predicted octanol–water partition coefficient (Wildman–Crippen LogP) is -1.03. The number of aliphatic carboxylic acids is 1. The van der Waals surface area contributed by atoms with Crippen molar-refractivity contribution in [2.75, 3.05) is 11.1 Å². The van der Waals surface area contributed by atoms with Crippen LogP contribution >= 0.6 is 11.8 Å². The van der Waals surface area contributed by atoms with Gasteiger partial charge in [0.25, 0.3) is 0 Å². The monoisotopic (exact) mass is 383 g/mol. The number of amides is 1. The van der Waals surface area contributed by atoms with Crippen LogP contribution in [0.25, 0.3) is 11.0 Å². The Labute approximate surface area is 179 Å². The van der Waals surface area contributed by atoms with Crippen LogP contribution in [0.5, 0.6) is 0 Å². The third-order valence-electron chi connectivity index (χ3n) is 4.46. The molecule has 0 fully saturated rings. The van der Waals surface area contributed by atoms with Gasteiger partial charge in [0.1, 0.15) is 5.82 Å². The van der Waals surface area contributed by atoms with Crippen molar-refractivity contribution in [3.05, 3.63) is 24.0 Å². The molecule has 1 N–H and O–H groups in total. The van der Waals surface area contributed by atoms with Gasteiger partial charge >= 0.3 is 29.6 Å². The number of fused-ring (bicyclic) bond motifs is 3. The Morgan fingerprint density at radius 1 is 1.31 bits per heavy atom. The summed E-state index contributed by atoms with van der Waals surface area (Å²) in [6.45, 7) is 4.39. The molecule has 2 aromatic rings. The fourth-order valence-corrected chi connectivity index (χ4v) is 3.67. The molecule has 6 nitrogen and oxygen atoms in total. The number of carboxylic acids is 1. The van der Waals surface area contributed by atoms with Gasteiger partial charge in [-0.05, 0) is 44.9 Å². The van der Waals surface area contributed by atoms with Crippen LogP contribution in [-0.2, 0) is 22.6 Å². The number of nitrogens with zero attached hydrogens (tertiary/aromatic N) is 2. The third kappa shape index (κ3) is 4.82. The zero-order valence-electron chi connectivity index (χ0n) is 15.5. The first-order valence-corrected chi connectivity index (χ1v) is 9.50. The minimum absolute atomic E-state index is 0. The second-order valence-electron chi connectivity index (χ2n) is 6.82. The number of anilines is 1. The number of hydrogen-bond acceptors (Lipinski definition) is 5. The third-order valence-corrected chi connectivity index (χ3v) is 5.75. The van der Waals surface area contributed by atoms with E-state index in [-0.39, 0.29) is 41.2 Å². The summed E-state index contributed by atoms with van der Waals surface area (Å²) in [6, 6.07) is 5.75. The quantitative estimate of drug-likeness (QED) is 0.667. The first-order chi connectivity index (χ1) is 11.9. The number of imidazole rings is 1. The zero-order valence-corrected chi connectivity index (χ0v) is 18.3. The number of aryl methyl sites for hydroxylation is 2. The van der Waals surface area contributed by atoms with Crippen molar-refractivity contribution in [2.45, 2.75) is 50.8 Å². The average molecular weight is 383 g/mol. The molecule has 0 saturated carbocycles. The van der Waals surface area contributed by atoms with Gasteiger partial charge in [-0.15, -0.1) is 11.8 Å². The number of hydrogen-bond donors (Lipinski definition) is 1. The van der Waals surface area contributed by atoms with Crippen LogP contribution in [0.4, 0.5) is 5.69 Å². The SMILES string of the molecule is CC(C)(SCC(=O)[O-])C(=O)Nc1ccc2c(c1)nc1n2CCCCC1.[Na+]. The molecule has 0 spiro atoms.